The molecule has 1 N–H and O–H groups in total. The Morgan fingerprint density at radius 1 is 1.15 bits per heavy atom. The molecular formula is C18H36N2. The fraction of sp³-hybridized carbons (Fsp3) is 1.00. The molecule has 20 heavy (non-hydrogen) atoms. The van der Waals surface area contributed by atoms with E-state index in [4.69, 9.17) is 0 Å². The van der Waals surface area contributed by atoms with Crippen molar-refractivity contribution in [3.63, 3.8) is 0 Å². The first-order chi connectivity index (χ1) is 9.72. The highest BCUT2D eigenvalue weighted by molar-refractivity contribution is 4.85. The van der Waals surface area contributed by atoms with Crippen LogP contribution >= 0.6 is 0 Å². The first-order valence-corrected chi connectivity index (χ1v) is 9.21. The number of hydrogen-bond donors (Lipinski definition) is 1. The van der Waals surface area contributed by atoms with Gasteiger partial charge >= 0.3 is 0 Å². The SMILES string of the molecule is CCCN1CCCC(C(C)NC2CCCC(CC)C2)C1. The Balaban J connectivity index is 1.77. The first-order valence-electron chi connectivity index (χ1n) is 9.21. The van der Waals surface area contributed by atoms with Crippen LogP contribution in [0.5, 0.6) is 0 Å². The molecule has 1 heterocycles. The summed E-state index contributed by atoms with van der Waals surface area (Å²) in [5.41, 5.74) is 0. The van der Waals surface area contributed by atoms with Crippen molar-refractivity contribution in [2.45, 2.75) is 84.2 Å². The highest BCUT2D eigenvalue weighted by Crippen LogP contribution is 2.28. The monoisotopic (exact) mass is 280 g/mol. The molecule has 1 saturated heterocycles. The van der Waals surface area contributed by atoms with Crippen LogP contribution in [0.1, 0.15) is 72.1 Å². The molecular weight excluding hydrogens is 244 g/mol. The van der Waals surface area contributed by atoms with Gasteiger partial charge in [-0.1, -0.05) is 33.1 Å². The molecule has 4 atom stereocenters. The second kappa shape index (κ2) is 8.38. The van der Waals surface area contributed by atoms with E-state index >= 15 is 0 Å². The van der Waals surface area contributed by atoms with Gasteiger partial charge in [0.05, 0.1) is 0 Å². The zero-order chi connectivity index (χ0) is 14.4. The van der Waals surface area contributed by atoms with Gasteiger partial charge in [0.15, 0.2) is 0 Å². The van der Waals surface area contributed by atoms with Crippen molar-refractivity contribution in [2.24, 2.45) is 11.8 Å². The lowest BCUT2D eigenvalue weighted by Crippen LogP contribution is -2.48. The van der Waals surface area contributed by atoms with Crippen LogP contribution < -0.4 is 5.32 Å². The summed E-state index contributed by atoms with van der Waals surface area (Å²) in [6.07, 6.45) is 11.2. The van der Waals surface area contributed by atoms with Crippen molar-refractivity contribution < 1.29 is 0 Å². The zero-order valence-electron chi connectivity index (χ0n) is 14.0. The third-order valence-corrected chi connectivity index (χ3v) is 5.65. The van der Waals surface area contributed by atoms with Crippen molar-refractivity contribution in [3.8, 4) is 0 Å². The summed E-state index contributed by atoms with van der Waals surface area (Å²) in [7, 11) is 0. The van der Waals surface area contributed by atoms with Gasteiger partial charge < -0.3 is 10.2 Å². The van der Waals surface area contributed by atoms with E-state index in [1.54, 1.807) is 0 Å². The molecule has 118 valence electrons. The minimum absolute atomic E-state index is 0.704. The summed E-state index contributed by atoms with van der Waals surface area (Å²) < 4.78 is 0. The Kier molecular flexibility index (Phi) is 6.83. The third kappa shape index (κ3) is 4.73. The highest BCUT2D eigenvalue weighted by atomic mass is 15.1. The predicted octanol–water partition coefficient (Wildman–Crippen LogP) is 4.06. The molecule has 0 aromatic carbocycles. The Hall–Kier alpha value is -0.0800. The fourth-order valence-corrected chi connectivity index (χ4v) is 4.34. The minimum Gasteiger partial charge on any atom is -0.311 e. The first kappa shape index (κ1) is 16.3. The van der Waals surface area contributed by atoms with E-state index in [0.29, 0.717) is 6.04 Å². The Bertz CT molecular complexity index is 264. The lowest BCUT2D eigenvalue weighted by atomic mass is 9.83. The van der Waals surface area contributed by atoms with Crippen LogP contribution in [0.2, 0.25) is 0 Å². The smallest absolute Gasteiger partial charge is 0.00818 e. The van der Waals surface area contributed by atoms with Crippen molar-refractivity contribution in [1.29, 1.82) is 0 Å². The molecule has 2 fully saturated rings. The van der Waals surface area contributed by atoms with Crippen LogP contribution in [0.15, 0.2) is 0 Å². The fourth-order valence-electron chi connectivity index (χ4n) is 4.34. The summed E-state index contributed by atoms with van der Waals surface area (Å²) in [5, 5.41) is 3.99. The van der Waals surface area contributed by atoms with Crippen LogP contribution in [-0.4, -0.2) is 36.6 Å². The Morgan fingerprint density at radius 3 is 2.75 bits per heavy atom. The Morgan fingerprint density at radius 2 is 2.00 bits per heavy atom. The van der Waals surface area contributed by atoms with Gasteiger partial charge in [0, 0.05) is 18.6 Å². The normalized spacial score (nSPS) is 34.0. The average molecular weight is 280 g/mol. The molecule has 2 rings (SSSR count). The zero-order valence-corrected chi connectivity index (χ0v) is 14.0. The van der Waals surface area contributed by atoms with Gasteiger partial charge in [0.1, 0.15) is 0 Å². The van der Waals surface area contributed by atoms with Crippen molar-refractivity contribution >= 4 is 0 Å². The van der Waals surface area contributed by atoms with E-state index in [1.807, 2.05) is 0 Å². The van der Waals surface area contributed by atoms with Crippen LogP contribution in [0, 0.1) is 11.8 Å². The van der Waals surface area contributed by atoms with E-state index in [9.17, 15) is 0 Å². The van der Waals surface area contributed by atoms with Gasteiger partial charge in [0.25, 0.3) is 0 Å². The van der Waals surface area contributed by atoms with E-state index in [-0.39, 0.29) is 0 Å². The summed E-state index contributed by atoms with van der Waals surface area (Å²) in [4.78, 5) is 2.68. The molecule has 2 aliphatic rings. The number of rotatable bonds is 6. The van der Waals surface area contributed by atoms with Crippen LogP contribution in [0.3, 0.4) is 0 Å². The summed E-state index contributed by atoms with van der Waals surface area (Å²) in [5.74, 6) is 1.86. The molecule has 2 nitrogen and oxygen atoms in total. The van der Waals surface area contributed by atoms with Gasteiger partial charge in [-0.3, -0.25) is 0 Å². The molecule has 0 spiro atoms. The predicted molar refractivity (Wildman–Crippen MR) is 88.1 cm³/mol. The molecule has 0 aromatic rings. The summed E-state index contributed by atoms with van der Waals surface area (Å²) >= 11 is 0. The van der Waals surface area contributed by atoms with Crippen LogP contribution in [0.4, 0.5) is 0 Å². The van der Waals surface area contributed by atoms with E-state index in [1.165, 1.54) is 71.0 Å². The topological polar surface area (TPSA) is 15.3 Å². The molecule has 1 aliphatic heterocycles. The third-order valence-electron chi connectivity index (χ3n) is 5.65. The van der Waals surface area contributed by atoms with Crippen molar-refractivity contribution in [2.75, 3.05) is 19.6 Å². The van der Waals surface area contributed by atoms with Crippen molar-refractivity contribution in [1.82, 2.24) is 10.2 Å². The van der Waals surface area contributed by atoms with Gasteiger partial charge in [0.2, 0.25) is 0 Å². The number of hydrogen-bond acceptors (Lipinski definition) is 2. The van der Waals surface area contributed by atoms with Gasteiger partial charge in [-0.25, -0.2) is 0 Å². The molecule has 0 bridgehead atoms. The van der Waals surface area contributed by atoms with Crippen molar-refractivity contribution in [3.05, 3.63) is 0 Å². The lowest BCUT2D eigenvalue weighted by Gasteiger charge is -2.39. The largest absolute Gasteiger partial charge is 0.311 e. The molecule has 1 aliphatic carbocycles. The van der Waals surface area contributed by atoms with E-state index in [0.717, 1.165) is 17.9 Å². The maximum absolute atomic E-state index is 3.99. The summed E-state index contributed by atoms with van der Waals surface area (Å²) in [6.45, 7) is 11.1. The highest BCUT2D eigenvalue weighted by Gasteiger charge is 2.27. The quantitative estimate of drug-likeness (QED) is 0.789. The van der Waals surface area contributed by atoms with E-state index < -0.39 is 0 Å². The molecule has 1 saturated carbocycles. The number of nitrogens with one attached hydrogen (secondary N) is 1. The van der Waals surface area contributed by atoms with Crippen LogP contribution in [-0.2, 0) is 0 Å². The van der Waals surface area contributed by atoms with Gasteiger partial charge in [-0.15, -0.1) is 0 Å². The average Bonchev–Trinajstić information content (AvgIpc) is 2.48. The summed E-state index contributed by atoms with van der Waals surface area (Å²) in [6, 6.07) is 1.50. The molecule has 2 heteroatoms. The number of piperidine rings is 1. The second-order valence-corrected chi connectivity index (χ2v) is 7.30. The second-order valence-electron chi connectivity index (χ2n) is 7.30. The maximum atomic E-state index is 3.99. The number of nitrogens with zero attached hydrogens (tertiary/aromatic N) is 1. The lowest BCUT2D eigenvalue weighted by molar-refractivity contribution is 0.139. The minimum atomic E-state index is 0.704. The number of likely N-dealkylation sites (tertiary alicyclic amines) is 1. The van der Waals surface area contributed by atoms with Crippen LogP contribution in [0.25, 0.3) is 0 Å². The molecule has 4 unspecified atom stereocenters. The van der Waals surface area contributed by atoms with Gasteiger partial charge in [-0.2, -0.15) is 0 Å². The Labute approximate surface area is 126 Å². The standard InChI is InChI=1S/C18H36N2/c1-4-11-20-12-7-9-17(14-20)15(3)19-18-10-6-8-16(5-2)13-18/h15-19H,4-14H2,1-3H3. The molecule has 0 radical (unpaired) electrons. The maximum Gasteiger partial charge on any atom is 0.00818 e. The molecule has 0 aromatic heterocycles. The molecule has 0 amide bonds. The van der Waals surface area contributed by atoms with Gasteiger partial charge in [-0.05, 0) is 64.0 Å². The van der Waals surface area contributed by atoms with E-state index in [2.05, 4.69) is 31.0 Å².